The molecule has 4 nitrogen and oxygen atoms in total. The molecule has 2 N–H and O–H groups in total. The molecule has 0 bridgehead atoms. The third-order valence-corrected chi connectivity index (χ3v) is 1.86. The summed E-state index contributed by atoms with van der Waals surface area (Å²) in [4.78, 5) is 10.6. The first-order valence-corrected chi connectivity index (χ1v) is 3.85. The van der Waals surface area contributed by atoms with E-state index in [9.17, 15) is 14.3 Å². The molecule has 1 rings (SSSR count). The molecular formula is C8H6ClFO4. The molecule has 0 unspecified atom stereocenters. The van der Waals surface area contributed by atoms with Crippen molar-refractivity contribution in [3.8, 4) is 11.5 Å². The van der Waals surface area contributed by atoms with Crippen LogP contribution in [0.5, 0.6) is 11.5 Å². The lowest BCUT2D eigenvalue weighted by molar-refractivity contribution is 0.0693. The van der Waals surface area contributed by atoms with Gasteiger partial charge in [-0.15, -0.1) is 0 Å². The summed E-state index contributed by atoms with van der Waals surface area (Å²) in [6.45, 7) is 0. The van der Waals surface area contributed by atoms with E-state index in [0.717, 1.165) is 13.2 Å². The van der Waals surface area contributed by atoms with Gasteiger partial charge in [0.2, 0.25) is 0 Å². The highest BCUT2D eigenvalue weighted by molar-refractivity contribution is 6.31. The molecule has 6 heteroatoms. The Morgan fingerprint density at radius 2 is 2.21 bits per heavy atom. The van der Waals surface area contributed by atoms with Crippen LogP contribution in [0.2, 0.25) is 5.02 Å². The van der Waals surface area contributed by atoms with E-state index in [-0.39, 0.29) is 0 Å². The van der Waals surface area contributed by atoms with E-state index in [4.69, 9.17) is 16.7 Å². The number of ether oxygens (including phenoxy) is 1. The number of hydrogen-bond donors (Lipinski definition) is 2. The van der Waals surface area contributed by atoms with E-state index in [1.165, 1.54) is 0 Å². The Labute approximate surface area is 83.5 Å². The van der Waals surface area contributed by atoms with Gasteiger partial charge in [-0.3, -0.25) is 0 Å². The zero-order valence-electron chi connectivity index (χ0n) is 7.04. The van der Waals surface area contributed by atoms with Gasteiger partial charge < -0.3 is 14.9 Å². The molecular weight excluding hydrogens is 215 g/mol. The average Bonchev–Trinajstić information content (AvgIpc) is 2.12. The van der Waals surface area contributed by atoms with Crippen molar-refractivity contribution >= 4 is 17.6 Å². The lowest BCUT2D eigenvalue weighted by Crippen LogP contribution is -2.00. The van der Waals surface area contributed by atoms with Crippen LogP contribution >= 0.6 is 11.6 Å². The van der Waals surface area contributed by atoms with Crippen molar-refractivity contribution in [1.29, 1.82) is 0 Å². The quantitative estimate of drug-likeness (QED) is 0.799. The molecule has 0 aliphatic heterocycles. The lowest BCUT2D eigenvalue weighted by Gasteiger charge is -2.08. The molecule has 0 atom stereocenters. The second-order valence-electron chi connectivity index (χ2n) is 2.41. The Bertz CT molecular complexity index is 391. The number of carbonyl (C=O) groups is 1. The summed E-state index contributed by atoms with van der Waals surface area (Å²) in [6, 6.07) is 0.817. The highest BCUT2D eigenvalue weighted by Gasteiger charge is 2.21. The Balaban J connectivity index is 3.50. The normalized spacial score (nSPS) is 9.93. The van der Waals surface area contributed by atoms with Gasteiger partial charge in [-0.1, -0.05) is 11.6 Å². The van der Waals surface area contributed by atoms with E-state index in [1.54, 1.807) is 0 Å². The number of methoxy groups -OCH3 is 1. The third kappa shape index (κ3) is 1.58. The molecule has 1 aromatic carbocycles. The Kier molecular flexibility index (Phi) is 2.81. The highest BCUT2D eigenvalue weighted by Crippen LogP contribution is 2.36. The summed E-state index contributed by atoms with van der Waals surface area (Å²) >= 11 is 5.38. The molecule has 0 radical (unpaired) electrons. The maximum absolute atomic E-state index is 13.1. The van der Waals surface area contributed by atoms with Crippen LogP contribution in [0.25, 0.3) is 0 Å². The van der Waals surface area contributed by atoms with Crippen molar-refractivity contribution in [1.82, 2.24) is 0 Å². The SMILES string of the molecule is COc1c(O)c(C(=O)O)cc(Cl)c1F. The van der Waals surface area contributed by atoms with Crippen LogP contribution in [-0.4, -0.2) is 23.3 Å². The maximum atomic E-state index is 13.1. The second-order valence-corrected chi connectivity index (χ2v) is 2.81. The van der Waals surface area contributed by atoms with Crippen LogP contribution in [-0.2, 0) is 0 Å². The Hall–Kier alpha value is -1.49. The minimum Gasteiger partial charge on any atom is -0.504 e. The molecule has 0 aliphatic carbocycles. The first-order valence-electron chi connectivity index (χ1n) is 3.47. The van der Waals surface area contributed by atoms with Crippen molar-refractivity contribution in [3.05, 3.63) is 22.5 Å². The van der Waals surface area contributed by atoms with Gasteiger partial charge >= 0.3 is 5.97 Å². The van der Waals surface area contributed by atoms with E-state index in [2.05, 4.69) is 4.74 Å². The number of carboxylic acids is 1. The Morgan fingerprint density at radius 3 is 2.64 bits per heavy atom. The van der Waals surface area contributed by atoms with Gasteiger partial charge in [0.1, 0.15) is 5.56 Å². The summed E-state index contributed by atoms with van der Waals surface area (Å²) in [7, 11) is 1.10. The van der Waals surface area contributed by atoms with Gasteiger partial charge in [-0.25, -0.2) is 9.18 Å². The minimum absolute atomic E-state index is 0.419. The van der Waals surface area contributed by atoms with Gasteiger partial charge in [0.25, 0.3) is 0 Å². The van der Waals surface area contributed by atoms with E-state index < -0.39 is 33.9 Å². The number of rotatable bonds is 2. The third-order valence-electron chi connectivity index (χ3n) is 1.58. The van der Waals surface area contributed by atoms with Crippen molar-refractivity contribution in [3.63, 3.8) is 0 Å². The van der Waals surface area contributed by atoms with Crippen molar-refractivity contribution in [2.45, 2.75) is 0 Å². The molecule has 14 heavy (non-hydrogen) atoms. The van der Waals surface area contributed by atoms with E-state index in [1.807, 2.05) is 0 Å². The fourth-order valence-electron chi connectivity index (χ4n) is 0.942. The summed E-state index contributed by atoms with van der Waals surface area (Å²) in [6.07, 6.45) is 0. The molecule has 0 amide bonds. The monoisotopic (exact) mass is 220 g/mol. The molecule has 0 spiro atoms. The summed E-state index contributed by atoms with van der Waals surface area (Å²) in [5.74, 6) is -3.75. The fourth-order valence-corrected chi connectivity index (χ4v) is 1.14. The van der Waals surface area contributed by atoms with E-state index >= 15 is 0 Å². The zero-order chi connectivity index (χ0) is 10.9. The van der Waals surface area contributed by atoms with Crippen molar-refractivity contribution in [2.75, 3.05) is 7.11 Å². The predicted molar refractivity (Wildman–Crippen MR) is 46.6 cm³/mol. The number of phenols is 1. The second kappa shape index (κ2) is 3.71. The number of halogens is 2. The topological polar surface area (TPSA) is 66.8 Å². The number of benzene rings is 1. The van der Waals surface area contributed by atoms with Crippen LogP contribution in [0, 0.1) is 5.82 Å². The van der Waals surface area contributed by atoms with Crippen LogP contribution in [0.4, 0.5) is 4.39 Å². The summed E-state index contributed by atoms with van der Waals surface area (Å²) < 4.78 is 17.6. The van der Waals surface area contributed by atoms with Gasteiger partial charge in [0.05, 0.1) is 12.1 Å². The van der Waals surface area contributed by atoms with E-state index in [0.29, 0.717) is 0 Å². The molecule has 0 heterocycles. The molecule has 0 saturated heterocycles. The zero-order valence-corrected chi connectivity index (χ0v) is 7.80. The van der Waals surface area contributed by atoms with Crippen molar-refractivity contribution < 1.29 is 24.1 Å². The number of hydrogen-bond acceptors (Lipinski definition) is 3. The summed E-state index contributed by atoms with van der Waals surface area (Å²) in [5.41, 5.74) is -0.506. The van der Waals surface area contributed by atoms with Crippen molar-refractivity contribution in [2.24, 2.45) is 0 Å². The fraction of sp³-hybridized carbons (Fsp3) is 0.125. The van der Waals surface area contributed by atoms with Crippen LogP contribution in [0.1, 0.15) is 10.4 Å². The first kappa shape index (κ1) is 10.6. The number of carboxylic acid groups (broad SMARTS) is 1. The first-order chi connectivity index (χ1) is 6.49. The molecule has 0 aromatic heterocycles. The smallest absolute Gasteiger partial charge is 0.339 e. The summed E-state index contributed by atoms with van der Waals surface area (Å²) in [5, 5.41) is 17.4. The standard InChI is InChI=1S/C8H6ClFO4/c1-14-7-5(10)4(9)2-3(6(7)11)8(12)13/h2,11H,1H3,(H,12,13). The Morgan fingerprint density at radius 1 is 1.64 bits per heavy atom. The van der Waals surface area contributed by atoms with Gasteiger partial charge in [-0.2, -0.15) is 0 Å². The minimum atomic E-state index is -1.41. The average molecular weight is 221 g/mol. The van der Waals surface area contributed by atoms with Gasteiger partial charge in [0, 0.05) is 0 Å². The van der Waals surface area contributed by atoms with Crippen LogP contribution in [0.3, 0.4) is 0 Å². The molecule has 0 saturated carbocycles. The molecule has 0 fully saturated rings. The lowest BCUT2D eigenvalue weighted by atomic mass is 10.2. The molecule has 76 valence electrons. The molecule has 0 aliphatic rings. The van der Waals surface area contributed by atoms with Gasteiger partial charge in [0.15, 0.2) is 17.3 Å². The predicted octanol–water partition coefficient (Wildman–Crippen LogP) is 1.89. The van der Waals surface area contributed by atoms with Crippen LogP contribution < -0.4 is 4.74 Å². The van der Waals surface area contributed by atoms with Crippen LogP contribution in [0.15, 0.2) is 6.07 Å². The largest absolute Gasteiger partial charge is 0.504 e. The number of aromatic hydroxyl groups is 1. The van der Waals surface area contributed by atoms with Gasteiger partial charge in [-0.05, 0) is 6.07 Å². The maximum Gasteiger partial charge on any atom is 0.339 e. The molecule has 1 aromatic rings. The highest BCUT2D eigenvalue weighted by atomic mass is 35.5. The number of aromatic carboxylic acids is 1.